The van der Waals surface area contributed by atoms with Crippen molar-refractivity contribution in [3.8, 4) is 6.07 Å². The summed E-state index contributed by atoms with van der Waals surface area (Å²) in [6.07, 6.45) is 3.23. The lowest BCUT2D eigenvalue weighted by atomic mass is 10.1. The molecule has 0 heterocycles. The van der Waals surface area contributed by atoms with Gasteiger partial charge in [-0.15, -0.1) is 0 Å². The fraction of sp³-hybridized carbons (Fsp3) is 0.0909. The maximum Gasteiger partial charge on any atom is 0.152 e. The predicted molar refractivity (Wildman–Crippen MR) is 50.9 cm³/mol. The van der Waals surface area contributed by atoms with Gasteiger partial charge in [-0.25, -0.2) is 0 Å². The number of nitrogens with zero attached hydrogens (tertiary/aromatic N) is 1. The van der Waals surface area contributed by atoms with Crippen molar-refractivity contribution in [2.75, 3.05) is 0 Å². The minimum absolute atomic E-state index is 0.0179. The lowest BCUT2D eigenvalue weighted by Crippen LogP contribution is -1.80. The van der Waals surface area contributed by atoms with Crippen LogP contribution in [0.5, 0.6) is 0 Å². The van der Waals surface area contributed by atoms with Gasteiger partial charge in [-0.05, 0) is 30.7 Å². The Labute approximate surface area is 77.1 Å². The van der Waals surface area contributed by atoms with Gasteiger partial charge in [0.25, 0.3) is 0 Å². The van der Waals surface area contributed by atoms with Crippen LogP contribution in [0.15, 0.2) is 30.3 Å². The number of ketones is 1. The molecule has 0 saturated carbocycles. The molecule has 1 aromatic rings. The molecule has 1 rings (SSSR count). The average molecular weight is 171 g/mol. The summed E-state index contributed by atoms with van der Waals surface area (Å²) in [7, 11) is 0. The molecule has 0 fully saturated rings. The molecule has 0 unspecified atom stereocenters. The van der Waals surface area contributed by atoms with Crippen molar-refractivity contribution in [3.63, 3.8) is 0 Å². The van der Waals surface area contributed by atoms with Crippen molar-refractivity contribution >= 4 is 11.9 Å². The summed E-state index contributed by atoms with van der Waals surface area (Å²) < 4.78 is 0. The highest BCUT2D eigenvalue weighted by atomic mass is 16.1. The number of rotatable bonds is 2. The lowest BCUT2D eigenvalue weighted by molar-refractivity contribution is -0.112. The van der Waals surface area contributed by atoms with E-state index in [1.165, 1.54) is 13.0 Å². The quantitative estimate of drug-likeness (QED) is 0.640. The van der Waals surface area contributed by atoms with E-state index in [-0.39, 0.29) is 5.78 Å². The first-order chi connectivity index (χ1) is 6.22. The molecule has 0 radical (unpaired) electrons. The smallest absolute Gasteiger partial charge is 0.152 e. The Bertz CT molecular complexity index is 368. The summed E-state index contributed by atoms with van der Waals surface area (Å²) in [5.41, 5.74) is 1.55. The van der Waals surface area contributed by atoms with E-state index in [1.54, 1.807) is 30.3 Å². The molecule has 2 heteroatoms. The van der Waals surface area contributed by atoms with Crippen molar-refractivity contribution < 1.29 is 4.79 Å². The molecule has 64 valence electrons. The molecule has 0 atom stereocenters. The summed E-state index contributed by atoms with van der Waals surface area (Å²) in [6.45, 7) is 1.50. The van der Waals surface area contributed by atoms with Gasteiger partial charge in [-0.3, -0.25) is 4.79 Å². The van der Waals surface area contributed by atoms with E-state index in [1.807, 2.05) is 6.07 Å². The third kappa shape index (κ3) is 2.92. The zero-order valence-corrected chi connectivity index (χ0v) is 7.32. The van der Waals surface area contributed by atoms with E-state index in [4.69, 9.17) is 5.26 Å². The minimum atomic E-state index is 0.0179. The molecule has 13 heavy (non-hydrogen) atoms. The van der Waals surface area contributed by atoms with Crippen LogP contribution in [0.25, 0.3) is 6.08 Å². The predicted octanol–water partition coefficient (Wildman–Crippen LogP) is 2.16. The van der Waals surface area contributed by atoms with Crippen LogP contribution in [0.3, 0.4) is 0 Å². The van der Waals surface area contributed by atoms with Crippen LogP contribution in [0.4, 0.5) is 0 Å². The van der Waals surface area contributed by atoms with Crippen LogP contribution in [-0.2, 0) is 4.79 Å². The fourth-order valence-electron chi connectivity index (χ4n) is 0.882. The number of carbonyl (C=O) groups is 1. The van der Waals surface area contributed by atoms with Crippen molar-refractivity contribution in [2.24, 2.45) is 0 Å². The van der Waals surface area contributed by atoms with Gasteiger partial charge in [0.15, 0.2) is 5.78 Å². The molecule has 2 nitrogen and oxygen atoms in total. The molecule has 0 aliphatic carbocycles. The zero-order chi connectivity index (χ0) is 9.68. The first-order valence-electron chi connectivity index (χ1n) is 3.91. The molecule has 0 bridgehead atoms. The molecule has 0 aliphatic rings. The second-order valence-corrected chi connectivity index (χ2v) is 2.68. The Morgan fingerprint density at radius 1 is 1.38 bits per heavy atom. The second-order valence-electron chi connectivity index (χ2n) is 2.68. The molecule has 0 N–H and O–H groups in total. The molecule has 0 aliphatic heterocycles. The van der Waals surface area contributed by atoms with Gasteiger partial charge in [-0.1, -0.05) is 18.2 Å². The lowest BCUT2D eigenvalue weighted by Gasteiger charge is -1.91. The zero-order valence-electron chi connectivity index (χ0n) is 7.32. The summed E-state index contributed by atoms with van der Waals surface area (Å²) in [6, 6.07) is 9.08. The van der Waals surface area contributed by atoms with Gasteiger partial charge < -0.3 is 0 Å². The fourth-order valence-corrected chi connectivity index (χ4v) is 0.882. The Kier molecular flexibility index (Phi) is 2.99. The number of allylic oxidation sites excluding steroid dienone is 1. The van der Waals surface area contributed by atoms with E-state index in [2.05, 4.69) is 0 Å². The molecule has 0 amide bonds. The first kappa shape index (κ1) is 9.21. The number of hydrogen-bond acceptors (Lipinski definition) is 2. The maximum absolute atomic E-state index is 10.6. The van der Waals surface area contributed by atoms with Crippen LogP contribution in [-0.4, -0.2) is 5.78 Å². The molecule has 1 aromatic carbocycles. The molecular formula is C11H9NO. The normalized spacial score (nSPS) is 9.85. The van der Waals surface area contributed by atoms with Gasteiger partial charge in [0.05, 0.1) is 11.6 Å². The average Bonchev–Trinajstić information content (AvgIpc) is 2.15. The third-order valence-electron chi connectivity index (χ3n) is 1.55. The Balaban J connectivity index is 2.82. The van der Waals surface area contributed by atoms with Crippen molar-refractivity contribution in [1.29, 1.82) is 5.26 Å². The van der Waals surface area contributed by atoms with E-state index < -0.39 is 0 Å². The van der Waals surface area contributed by atoms with Crippen LogP contribution >= 0.6 is 0 Å². The maximum atomic E-state index is 10.6. The van der Waals surface area contributed by atoms with E-state index >= 15 is 0 Å². The largest absolute Gasteiger partial charge is 0.295 e. The second kappa shape index (κ2) is 4.22. The summed E-state index contributed by atoms with van der Waals surface area (Å²) in [4.78, 5) is 10.6. The first-order valence-corrected chi connectivity index (χ1v) is 3.91. The van der Waals surface area contributed by atoms with Gasteiger partial charge in [-0.2, -0.15) is 5.26 Å². The van der Waals surface area contributed by atoms with E-state index in [0.717, 1.165) is 5.56 Å². The van der Waals surface area contributed by atoms with E-state index in [0.29, 0.717) is 5.56 Å². The van der Waals surface area contributed by atoms with Crippen LogP contribution < -0.4 is 0 Å². The molecule has 0 aromatic heterocycles. The molecule has 0 saturated heterocycles. The Morgan fingerprint density at radius 3 is 2.46 bits per heavy atom. The highest BCUT2D eigenvalue weighted by Crippen LogP contribution is 2.04. The SMILES string of the molecule is CC(=O)/C=C\c1ccc(C#N)cc1. The molecule has 0 spiro atoms. The van der Waals surface area contributed by atoms with Gasteiger partial charge >= 0.3 is 0 Å². The number of benzene rings is 1. The number of carbonyl (C=O) groups excluding carboxylic acids is 1. The van der Waals surface area contributed by atoms with Crippen LogP contribution in [0.2, 0.25) is 0 Å². The highest BCUT2D eigenvalue weighted by Gasteiger charge is 1.89. The number of hydrogen-bond donors (Lipinski definition) is 0. The van der Waals surface area contributed by atoms with Crippen molar-refractivity contribution in [2.45, 2.75) is 6.92 Å². The van der Waals surface area contributed by atoms with Crippen LogP contribution in [0, 0.1) is 11.3 Å². The van der Waals surface area contributed by atoms with Crippen molar-refractivity contribution in [3.05, 3.63) is 41.5 Å². The third-order valence-corrected chi connectivity index (χ3v) is 1.55. The van der Waals surface area contributed by atoms with Gasteiger partial charge in [0, 0.05) is 0 Å². The Morgan fingerprint density at radius 2 is 2.00 bits per heavy atom. The van der Waals surface area contributed by atoms with Crippen molar-refractivity contribution in [1.82, 2.24) is 0 Å². The summed E-state index contributed by atoms with van der Waals surface area (Å²) in [5, 5.41) is 8.52. The van der Waals surface area contributed by atoms with Crippen LogP contribution in [0.1, 0.15) is 18.1 Å². The number of nitriles is 1. The topological polar surface area (TPSA) is 40.9 Å². The standard InChI is InChI=1S/C11H9NO/c1-9(13)2-3-10-4-6-11(8-12)7-5-10/h2-7H,1H3/b3-2-. The summed E-state index contributed by atoms with van der Waals surface area (Å²) >= 11 is 0. The Hall–Kier alpha value is -1.88. The van der Waals surface area contributed by atoms with Gasteiger partial charge in [0.1, 0.15) is 0 Å². The molecular weight excluding hydrogens is 162 g/mol. The van der Waals surface area contributed by atoms with E-state index in [9.17, 15) is 4.79 Å². The minimum Gasteiger partial charge on any atom is -0.295 e. The summed E-state index contributed by atoms with van der Waals surface area (Å²) in [5.74, 6) is 0.0179. The highest BCUT2D eigenvalue weighted by molar-refractivity contribution is 5.91. The van der Waals surface area contributed by atoms with Gasteiger partial charge in [0.2, 0.25) is 0 Å². The monoisotopic (exact) mass is 171 g/mol.